The number of halogens is 1. The normalized spacial score (nSPS) is 11.4. The summed E-state index contributed by atoms with van der Waals surface area (Å²) in [6.07, 6.45) is 1.76. The molecular weight excluding hydrogens is 405 g/mol. The van der Waals surface area contributed by atoms with Gasteiger partial charge in [-0.2, -0.15) is 5.26 Å². The second-order valence-corrected chi connectivity index (χ2v) is 7.33. The lowest BCUT2D eigenvalue weighted by Crippen LogP contribution is -2.00. The molecule has 1 aromatic heterocycles. The minimum Gasteiger partial charge on any atom is -0.490 e. The highest BCUT2D eigenvalue weighted by molar-refractivity contribution is 5.90. The number of aromatic amines is 1. The molecule has 0 saturated heterocycles. The number of aromatic nitrogens is 2. The second-order valence-electron chi connectivity index (χ2n) is 7.33. The Labute approximate surface area is 185 Å². The number of hydrogen-bond acceptors (Lipinski definition) is 4. The van der Waals surface area contributed by atoms with E-state index in [0.717, 1.165) is 27.7 Å². The number of fused-ring (bicyclic) bond motifs is 1. The van der Waals surface area contributed by atoms with Crippen molar-refractivity contribution in [1.29, 1.82) is 5.26 Å². The summed E-state index contributed by atoms with van der Waals surface area (Å²) in [6.45, 7) is 4.66. The molecule has 0 unspecified atom stereocenters. The van der Waals surface area contributed by atoms with Gasteiger partial charge in [-0.25, -0.2) is 9.37 Å². The van der Waals surface area contributed by atoms with E-state index in [1.165, 1.54) is 12.1 Å². The number of aryl methyl sites for hydroxylation is 1. The summed E-state index contributed by atoms with van der Waals surface area (Å²) < 4.78 is 24.7. The van der Waals surface area contributed by atoms with Gasteiger partial charge >= 0.3 is 0 Å². The highest BCUT2D eigenvalue weighted by Crippen LogP contribution is 2.31. The van der Waals surface area contributed by atoms with Gasteiger partial charge in [0.05, 0.1) is 23.2 Å². The number of rotatable bonds is 7. The first kappa shape index (κ1) is 21.1. The number of ether oxygens (including phenoxy) is 2. The Hall–Kier alpha value is -4.11. The van der Waals surface area contributed by atoms with E-state index in [1.807, 2.05) is 44.2 Å². The Morgan fingerprint density at radius 1 is 1.06 bits per heavy atom. The second kappa shape index (κ2) is 9.36. The Morgan fingerprint density at radius 3 is 2.62 bits per heavy atom. The zero-order valence-corrected chi connectivity index (χ0v) is 17.9. The van der Waals surface area contributed by atoms with Crippen LogP contribution >= 0.6 is 0 Å². The lowest BCUT2D eigenvalue weighted by atomic mass is 10.1. The predicted octanol–water partition coefficient (Wildman–Crippen LogP) is 6.05. The summed E-state index contributed by atoms with van der Waals surface area (Å²) in [5.41, 5.74) is 4.88. The highest BCUT2D eigenvalue weighted by atomic mass is 19.1. The van der Waals surface area contributed by atoms with Crippen LogP contribution in [-0.2, 0) is 6.61 Å². The van der Waals surface area contributed by atoms with Crippen molar-refractivity contribution < 1.29 is 13.9 Å². The molecule has 0 bridgehead atoms. The van der Waals surface area contributed by atoms with Crippen molar-refractivity contribution >= 4 is 22.7 Å². The average molecular weight is 427 g/mol. The molecule has 3 aromatic carbocycles. The molecule has 1 heterocycles. The van der Waals surface area contributed by atoms with Gasteiger partial charge in [-0.05, 0) is 73.0 Å². The Bertz CT molecular complexity index is 1320. The molecule has 32 heavy (non-hydrogen) atoms. The van der Waals surface area contributed by atoms with Gasteiger partial charge in [-0.1, -0.05) is 24.3 Å². The molecule has 4 aromatic rings. The van der Waals surface area contributed by atoms with Crippen LogP contribution in [0.4, 0.5) is 4.39 Å². The number of imidazole rings is 1. The van der Waals surface area contributed by atoms with E-state index < -0.39 is 0 Å². The average Bonchev–Trinajstić information content (AvgIpc) is 3.21. The van der Waals surface area contributed by atoms with Crippen LogP contribution in [0.5, 0.6) is 11.5 Å². The van der Waals surface area contributed by atoms with Crippen LogP contribution in [0.25, 0.3) is 22.7 Å². The van der Waals surface area contributed by atoms with Crippen molar-refractivity contribution in [3.63, 3.8) is 0 Å². The minimum absolute atomic E-state index is 0.284. The third-order valence-corrected chi connectivity index (χ3v) is 4.90. The Morgan fingerprint density at radius 2 is 1.88 bits per heavy atom. The molecular formula is C26H22FN3O2. The molecule has 0 fully saturated rings. The zero-order chi connectivity index (χ0) is 22.5. The molecule has 160 valence electrons. The van der Waals surface area contributed by atoms with Crippen LogP contribution in [0.3, 0.4) is 0 Å². The molecule has 6 heteroatoms. The topological polar surface area (TPSA) is 70.9 Å². The third kappa shape index (κ3) is 4.79. The van der Waals surface area contributed by atoms with Gasteiger partial charge in [-0.3, -0.25) is 0 Å². The van der Waals surface area contributed by atoms with Crippen LogP contribution in [0.15, 0.2) is 60.7 Å². The highest BCUT2D eigenvalue weighted by Gasteiger charge is 2.11. The first-order chi connectivity index (χ1) is 15.6. The van der Waals surface area contributed by atoms with E-state index in [2.05, 4.69) is 16.0 Å². The molecule has 0 spiro atoms. The number of nitriles is 1. The number of H-pyrrole nitrogens is 1. The summed E-state index contributed by atoms with van der Waals surface area (Å²) >= 11 is 0. The van der Waals surface area contributed by atoms with Crippen LogP contribution in [0, 0.1) is 24.1 Å². The van der Waals surface area contributed by atoms with Crippen molar-refractivity contribution in [1.82, 2.24) is 9.97 Å². The fraction of sp³-hybridized carbons (Fsp3) is 0.154. The molecule has 4 rings (SSSR count). The molecule has 0 aliphatic heterocycles. The van der Waals surface area contributed by atoms with Gasteiger partial charge in [0.25, 0.3) is 0 Å². The largest absolute Gasteiger partial charge is 0.490 e. The summed E-state index contributed by atoms with van der Waals surface area (Å²) in [7, 11) is 0. The van der Waals surface area contributed by atoms with E-state index in [1.54, 1.807) is 24.3 Å². The quantitative estimate of drug-likeness (QED) is 0.364. The third-order valence-electron chi connectivity index (χ3n) is 4.90. The fourth-order valence-electron chi connectivity index (χ4n) is 3.31. The smallest absolute Gasteiger partial charge is 0.161 e. The first-order valence-corrected chi connectivity index (χ1v) is 10.3. The van der Waals surface area contributed by atoms with Gasteiger partial charge in [0.1, 0.15) is 24.3 Å². The maximum atomic E-state index is 13.1. The maximum absolute atomic E-state index is 13.1. The fourth-order valence-corrected chi connectivity index (χ4v) is 3.31. The standard InChI is InChI=1S/C26H22FN3O2/c1-3-31-25-14-19(7-11-24(25)32-16-18-5-8-21(27)9-6-18)13-20(15-28)26-29-22-10-4-17(2)12-23(22)30-26/h4-14H,3,16H2,1-2H3,(H,29,30)/b20-13+. The maximum Gasteiger partial charge on any atom is 0.161 e. The van der Waals surface area contributed by atoms with Crippen LogP contribution in [0.2, 0.25) is 0 Å². The van der Waals surface area contributed by atoms with E-state index in [-0.39, 0.29) is 12.4 Å². The SMILES string of the molecule is CCOc1cc(/C=C(\C#N)c2nc3ccc(C)cc3[nH]2)ccc1OCc1ccc(F)cc1. The van der Waals surface area contributed by atoms with Crippen molar-refractivity contribution in [2.24, 2.45) is 0 Å². The molecule has 1 N–H and O–H groups in total. The molecule has 0 saturated carbocycles. The Kier molecular flexibility index (Phi) is 6.18. The van der Waals surface area contributed by atoms with Gasteiger partial charge < -0.3 is 14.5 Å². The van der Waals surface area contributed by atoms with Gasteiger partial charge in [0, 0.05) is 0 Å². The Balaban J connectivity index is 1.60. The molecule has 0 aliphatic carbocycles. The minimum atomic E-state index is -0.284. The predicted molar refractivity (Wildman–Crippen MR) is 123 cm³/mol. The van der Waals surface area contributed by atoms with Crippen LogP contribution in [0.1, 0.15) is 29.4 Å². The van der Waals surface area contributed by atoms with Crippen molar-refractivity contribution in [2.45, 2.75) is 20.5 Å². The monoisotopic (exact) mass is 427 g/mol. The van der Waals surface area contributed by atoms with Gasteiger partial charge in [0.15, 0.2) is 11.5 Å². The summed E-state index contributed by atoms with van der Waals surface area (Å²) in [5.74, 6) is 1.38. The molecule has 0 amide bonds. The summed E-state index contributed by atoms with van der Waals surface area (Å²) in [4.78, 5) is 7.75. The number of allylic oxidation sites excluding steroid dienone is 1. The van der Waals surface area contributed by atoms with Gasteiger partial charge in [-0.15, -0.1) is 0 Å². The number of nitrogens with zero attached hydrogens (tertiary/aromatic N) is 2. The molecule has 5 nitrogen and oxygen atoms in total. The van der Waals surface area contributed by atoms with E-state index in [0.29, 0.717) is 29.5 Å². The number of hydrogen-bond donors (Lipinski definition) is 1. The molecule has 0 aliphatic rings. The first-order valence-electron chi connectivity index (χ1n) is 10.3. The van der Waals surface area contributed by atoms with Crippen molar-refractivity contribution in [3.8, 4) is 17.6 Å². The van der Waals surface area contributed by atoms with Crippen molar-refractivity contribution in [3.05, 3.63) is 89.0 Å². The van der Waals surface area contributed by atoms with Crippen LogP contribution in [-0.4, -0.2) is 16.6 Å². The van der Waals surface area contributed by atoms with Gasteiger partial charge in [0.2, 0.25) is 0 Å². The van der Waals surface area contributed by atoms with Crippen molar-refractivity contribution in [2.75, 3.05) is 6.61 Å². The van der Waals surface area contributed by atoms with E-state index in [4.69, 9.17) is 9.47 Å². The molecule has 0 radical (unpaired) electrons. The summed E-state index contributed by atoms with van der Waals surface area (Å²) in [5, 5.41) is 9.72. The number of benzene rings is 3. The zero-order valence-electron chi connectivity index (χ0n) is 17.9. The van der Waals surface area contributed by atoms with E-state index in [9.17, 15) is 9.65 Å². The van der Waals surface area contributed by atoms with Crippen LogP contribution < -0.4 is 9.47 Å². The molecule has 0 atom stereocenters. The van der Waals surface area contributed by atoms with E-state index >= 15 is 0 Å². The summed E-state index contributed by atoms with van der Waals surface area (Å²) in [6, 6.07) is 19.8. The lowest BCUT2D eigenvalue weighted by molar-refractivity contribution is 0.269. The number of nitrogens with one attached hydrogen (secondary N) is 1. The lowest BCUT2D eigenvalue weighted by Gasteiger charge is -2.13.